The van der Waals surface area contributed by atoms with Gasteiger partial charge in [-0.2, -0.15) is 0 Å². The minimum Gasteiger partial charge on any atom is -0.397 e. The molecule has 25 heavy (non-hydrogen) atoms. The van der Waals surface area contributed by atoms with Gasteiger partial charge in [-0.05, 0) is 56.1 Å². The third-order valence-electron chi connectivity index (χ3n) is 5.64. The molecule has 1 saturated heterocycles. The van der Waals surface area contributed by atoms with Gasteiger partial charge in [0.1, 0.15) is 9.71 Å². The van der Waals surface area contributed by atoms with Gasteiger partial charge in [-0.3, -0.25) is 4.79 Å². The smallest absolute Gasteiger partial charge is 0.266 e. The Kier molecular flexibility index (Phi) is 4.67. The maximum absolute atomic E-state index is 13.0. The predicted molar refractivity (Wildman–Crippen MR) is 104 cm³/mol. The van der Waals surface area contributed by atoms with Crippen LogP contribution in [0.15, 0.2) is 6.07 Å². The molecule has 1 unspecified atom stereocenters. The lowest BCUT2D eigenvalue weighted by molar-refractivity contribution is 0.0689. The van der Waals surface area contributed by atoms with Crippen LogP contribution in [0.3, 0.4) is 0 Å². The number of aromatic nitrogens is 1. The maximum atomic E-state index is 13.0. The Labute approximate surface area is 153 Å². The van der Waals surface area contributed by atoms with Crippen LogP contribution in [0.4, 0.5) is 5.69 Å². The van der Waals surface area contributed by atoms with Crippen LogP contribution in [0.1, 0.15) is 66.4 Å². The summed E-state index contributed by atoms with van der Waals surface area (Å²) in [6.07, 6.45) is 9.46. The van der Waals surface area contributed by atoms with Gasteiger partial charge < -0.3 is 10.6 Å². The predicted octanol–water partition coefficient (Wildman–Crippen LogP) is 4.41. The third kappa shape index (κ3) is 3.26. The summed E-state index contributed by atoms with van der Waals surface area (Å²) in [6, 6.07) is 2.21. The van der Waals surface area contributed by atoms with Crippen molar-refractivity contribution in [2.45, 2.75) is 58.3 Å². The number of carbonyl (C=O) groups excluding carboxylic acids is 1. The van der Waals surface area contributed by atoms with Gasteiger partial charge in [-0.1, -0.05) is 19.8 Å². The van der Waals surface area contributed by atoms with Crippen LogP contribution >= 0.6 is 11.3 Å². The van der Waals surface area contributed by atoms with Gasteiger partial charge in [-0.15, -0.1) is 11.3 Å². The molecule has 2 aromatic rings. The van der Waals surface area contributed by atoms with E-state index in [1.807, 2.05) is 4.90 Å². The summed E-state index contributed by atoms with van der Waals surface area (Å²) in [4.78, 5) is 21.5. The van der Waals surface area contributed by atoms with Crippen LogP contribution in [-0.4, -0.2) is 28.9 Å². The molecular formula is C20H27N3OS. The number of carbonyl (C=O) groups is 1. The average Bonchev–Trinajstić information content (AvgIpc) is 2.90. The van der Waals surface area contributed by atoms with Crippen LogP contribution in [0, 0.1) is 5.92 Å². The molecule has 4 rings (SSSR count). The first kappa shape index (κ1) is 16.8. The van der Waals surface area contributed by atoms with E-state index in [1.165, 1.54) is 54.7 Å². The number of likely N-dealkylation sites (tertiary alicyclic amines) is 1. The molecule has 2 aliphatic rings. The van der Waals surface area contributed by atoms with E-state index in [-0.39, 0.29) is 5.91 Å². The molecule has 0 saturated carbocycles. The number of hydrogen-bond donors (Lipinski definition) is 1. The van der Waals surface area contributed by atoms with E-state index in [1.54, 1.807) is 0 Å². The zero-order valence-corrected chi connectivity index (χ0v) is 15.8. The van der Waals surface area contributed by atoms with E-state index < -0.39 is 0 Å². The van der Waals surface area contributed by atoms with Crippen molar-refractivity contribution in [3.8, 4) is 0 Å². The van der Waals surface area contributed by atoms with Gasteiger partial charge in [0.2, 0.25) is 0 Å². The van der Waals surface area contributed by atoms with Crippen LogP contribution in [0.25, 0.3) is 10.2 Å². The summed E-state index contributed by atoms with van der Waals surface area (Å²) >= 11 is 1.48. The first-order valence-corrected chi connectivity index (χ1v) is 10.4. The van der Waals surface area contributed by atoms with Crippen LogP contribution in [0.5, 0.6) is 0 Å². The first-order chi connectivity index (χ1) is 12.1. The van der Waals surface area contributed by atoms with Gasteiger partial charge in [0.15, 0.2) is 0 Å². The van der Waals surface area contributed by atoms with Gasteiger partial charge in [0.25, 0.3) is 5.91 Å². The number of piperidine rings is 1. The normalized spacial score (nSPS) is 21.6. The molecule has 4 nitrogen and oxygen atoms in total. The second-order valence-electron chi connectivity index (χ2n) is 7.70. The fraction of sp³-hybridized carbons (Fsp3) is 0.600. The molecule has 3 heterocycles. The molecule has 0 spiro atoms. The zero-order chi connectivity index (χ0) is 17.4. The SMILES string of the molecule is CC1CCCN(C(=O)c2sc3nc4c(cc3c2N)CCCCCC4)C1. The van der Waals surface area contributed by atoms with Crippen molar-refractivity contribution >= 4 is 33.1 Å². The Morgan fingerprint density at radius 3 is 2.84 bits per heavy atom. The Bertz CT molecular complexity index is 798. The third-order valence-corrected chi connectivity index (χ3v) is 6.74. The van der Waals surface area contributed by atoms with Crippen molar-refractivity contribution in [1.82, 2.24) is 9.88 Å². The summed E-state index contributed by atoms with van der Waals surface area (Å²) in [5.74, 6) is 0.672. The number of pyridine rings is 1. The monoisotopic (exact) mass is 357 g/mol. The number of nitrogens with two attached hydrogens (primary N) is 1. The number of rotatable bonds is 1. The topological polar surface area (TPSA) is 59.2 Å². The molecule has 1 fully saturated rings. The Morgan fingerprint density at radius 1 is 1.24 bits per heavy atom. The van der Waals surface area contributed by atoms with E-state index in [4.69, 9.17) is 10.7 Å². The van der Waals surface area contributed by atoms with Crippen LogP contribution < -0.4 is 5.73 Å². The molecule has 2 aromatic heterocycles. The molecule has 1 amide bonds. The number of nitrogens with zero attached hydrogens (tertiary/aromatic N) is 2. The lowest BCUT2D eigenvalue weighted by atomic mass is 9.96. The van der Waals surface area contributed by atoms with Crippen molar-refractivity contribution in [2.24, 2.45) is 5.92 Å². The lowest BCUT2D eigenvalue weighted by Gasteiger charge is -2.30. The van der Waals surface area contributed by atoms with Crippen molar-refractivity contribution in [3.63, 3.8) is 0 Å². The highest BCUT2D eigenvalue weighted by Crippen LogP contribution is 2.36. The van der Waals surface area contributed by atoms with Crippen LogP contribution in [-0.2, 0) is 12.8 Å². The molecule has 0 radical (unpaired) electrons. The number of fused-ring (bicyclic) bond motifs is 2. The fourth-order valence-electron chi connectivity index (χ4n) is 4.19. The van der Waals surface area contributed by atoms with Gasteiger partial charge in [0.05, 0.1) is 5.69 Å². The molecule has 5 heteroatoms. The van der Waals surface area contributed by atoms with Crippen molar-refractivity contribution < 1.29 is 4.79 Å². The van der Waals surface area contributed by atoms with Crippen molar-refractivity contribution in [1.29, 1.82) is 0 Å². The number of aryl methyl sites for hydroxylation is 2. The number of nitrogen functional groups attached to an aromatic ring is 1. The Balaban J connectivity index is 1.70. The highest BCUT2D eigenvalue weighted by Gasteiger charge is 2.26. The molecule has 134 valence electrons. The van der Waals surface area contributed by atoms with Crippen LogP contribution in [0.2, 0.25) is 0 Å². The van der Waals surface area contributed by atoms with Crippen molar-refractivity contribution in [3.05, 3.63) is 22.2 Å². The Hall–Kier alpha value is -1.62. The minimum atomic E-state index is 0.0967. The second kappa shape index (κ2) is 6.94. The number of hydrogen-bond acceptors (Lipinski definition) is 4. The van der Waals surface area contributed by atoms with E-state index in [0.717, 1.165) is 42.6 Å². The number of amides is 1. The number of anilines is 1. The highest BCUT2D eigenvalue weighted by atomic mass is 32.1. The molecular weight excluding hydrogens is 330 g/mol. The molecule has 0 bridgehead atoms. The minimum absolute atomic E-state index is 0.0967. The van der Waals surface area contributed by atoms with Gasteiger partial charge in [-0.25, -0.2) is 4.98 Å². The van der Waals surface area contributed by atoms with Gasteiger partial charge in [0, 0.05) is 24.2 Å². The molecule has 1 aliphatic carbocycles. The summed E-state index contributed by atoms with van der Waals surface area (Å²) < 4.78 is 0. The summed E-state index contributed by atoms with van der Waals surface area (Å²) in [6.45, 7) is 3.91. The quantitative estimate of drug-likeness (QED) is 0.822. The second-order valence-corrected chi connectivity index (χ2v) is 8.70. The van der Waals surface area contributed by atoms with Gasteiger partial charge >= 0.3 is 0 Å². The van der Waals surface area contributed by atoms with Crippen molar-refractivity contribution in [2.75, 3.05) is 18.8 Å². The standard InChI is InChI=1S/C20H27N3OS/c1-13-7-6-10-23(12-13)20(24)18-17(21)15-11-14-8-4-2-3-5-9-16(14)22-19(15)25-18/h11,13H,2-10,12,21H2,1H3. The van der Waals surface area contributed by atoms with E-state index >= 15 is 0 Å². The first-order valence-electron chi connectivity index (χ1n) is 9.63. The molecule has 0 aromatic carbocycles. The number of thiophene rings is 1. The molecule has 1 atom stereocenters. The fourth-order valence-corrected chi connectivity index (χ4v) is 5.25. The Morgan fingerprint density at radius 2 is 2.04 bits per heavy atom. The largest absolute Gasteiger partial charge is 0.397 e. The zero-order valence-electron chi connectivity index (χ0n) is 15.0. The average molecular weight is 358 g/mol. The van der Waals surface area contributed by atoms with E-state index in [9.17, 15) is 4.79 Å². The summed E-state index contributed by atoms with van der Waals surface area (Å²) in [5.41, 5.74) is 9.60. The summed E-state index contributed by atoms with van der Waals surface area (Å²) in [7, 11) is 0. The highest BCUT2D eigenvalue weighted by molar-refractivity contribution is 7.21. The van der Waals surface area contributed by atoms with E-state index in [2.05, 4.69) is 13.0 Å². The summed E-state index contributed by atoms with van der Waals surface area (Å²) in [5, 5.41) is 0.984. The van der Waals surface area contributed by atoms with E-state index in [0.29, 0.717) is 16.5 Å². The molecule has 1 aliphatic heterocycles. The maximum Gasteiger partial charge on any atom is 0.266 e. The molecule has 2 N–H and O–H groups in total. The lowest BCUT2D eigenvalue weighted by Crippen LogP contribution is -2.38.